The highest BCUT2D eigenvalue weighted by Gasteiger charge is 2.33. The van der Waals surface area contributed by atoms with Crippen molar-refractivity contribution in [3.8, 4) is 5.95 Å². The lowest BCUT2D eigenvalue weighted by Crippen LogP contribution is -2.10. The van der Waals surface area contributed by atoms with E-state index in [1.54, 1.807) is 7.05 Å². The summed E-state index contributed by atoms with van der Waals surface area (Å²) >= 11 is 5.61. The van der Waals surface area contributed by atoms with Crippen LogP contribution in [0.15, 0.2) is 12.3 Å². The molecule has 2 rings (SSSR count). The second-order valence-electron chi connectivity index (χ2n) is 3.12. The fraction of sp³-hybridized carbons (Fsp3) is 0.250. The minimum atomic E-state index is -4.52. The van der Waals surface area contributed by atoms with Crippen LogP contribution in [-0.4, -0.2) is 31.8 Å². The summed E-state index contributed by atoms with van der Waals surface area (Å²) in [4.78, 5) is 11.2. The van der Waals surface area contributed by atoms with E-state index in [9.17, 15) is 13.2 Å². The molecule has 2 aromatic rings. The minimum Gasteiger partial charge on any atom is -0.357 e. The molecule has 0 aromatic carbocycles. The van der Waals surface area contributed by atoms with Gasteiger partial charge in [0.05, 0.1) is 0 Å². The molecule has 0 spiro atoms. The summed E-state index contributed by atoms with van der Waals surface area (Å²) in [5.74, 6) is 0.0314. The molecule has 0 aliphatic heterocycles. The normalized spacial score (nSPS) is 11.6. The van der Waals surface area contributed by atoms with Gasteiger partial charge in [0.1, 0.15) is 0 Å². The van der Waals surface area contributed by atoms with Gasteiger partial charge in [0.25, 0.3) is 5.95 Å². The SMILES string of the molecule is CNc1nc(Cl)nc(-n2ccc(C(F)(F)F)n2)n1. The average molecular weight is 279 g/mol. The number of rotatable bonds is 2. The molecule has 96 valence electrons. The second-order valence-corrected chi connectivity index (χ2v) is 3.46. The van der Waals surface area contributed by atoms with Gasteiger partial charge in [-0.15, -0.1) is 0 Å². The summed E-state index contributed by atoms with van der Waals surface area (Å²) < 4.78 is 38.0. The number of anilines is 1. The molecule has 0 amide bonds. The first-order valence-electron chi connectivity index (χ1n) is 4.62. The molecule has 0 aliphatic carbocycles. The standard InChI is InChI=1S/C8H6ClF3N6/c1-13-6-14-5(9)15-7(16-6)18-3-2-4(17-18)8(10,11)12/h2-3H,1H3,(H,13,14,15,16). The van der Waals surface area contributed by atoms with E-state index in [4.69, 9.17) is 11.6 Å². The number of nitrogens with one attached hydrogen (secondary N) is 1. The van der Waals surface area contributed by atoms with Gasteiger partial charge >= 0.3 is 6.18 Å². The lowest BCUT2D eigenvalue weighted by molar-refractivity contribution is -0.141. The molecule has 0 atom stereocenters. The quantitative estimate of drug-likeness (QED) is 0.907. The lowest BCUT2D eigenvalue weighted by Gasteiger charge is -2.03. The van der Waals surface area contributed by atoms with Gasteiger partial charge in [0.2, 0.25) is 11.2 Å². The fourth-order valence-electron chi connectivity index (χ4n) is 1.14. The van der Waals surface area contributed by atoms with Crippen molar-refractivity contribution in [2.75, 3.05) is 12.4 Å². The Balaban J connectivity index is 2.43. The molecule has 10 heteroatoms. The topological polar surface area (TPSA) is 68.5 Å². The molecule has 2 aromatic heterocycles. The molecular weight excluding hydrogens is 273 g/mol. The second kappa shape index (κ2) is 4.41. The van der Waals surface area contributed by atoms with Crippen LogP contribution in [-0.2, 0) is 6.18 Å². The Kier molecular flexibility index (Phi) is 3.07. The Hall–Kier alpha value is -1.90. The van der Waals surface area contributed by atoms with E-state index >= 15 is 0 Å². The summed E-state index contributed by atoms with van der Waals surface area (Å²) in [5.41, 5.74) is -1.04. The van der Waals surface area contributed by atoms with E-state index in [-0.39, 0.29) is 17.2 Å². The zero-order valence-electron chi connectivity index (χ0n) is 8.90. The third-order valence-electron chi connectivity index (χ3n) is 1.90. The maximum Gasteiger partial charge on any atom is 0.435 e. The number of halogens is 4. The van der Waals surface area contributed by atoms with Crippen LogP contribution in [0.25, 0.3) is 5.95 Å². The summed E-state index contributed by atoms with van der Waals surface area (Å²) in [6.45, 7) is 0. The van der Waals surface area contributed by atoms with Gasteiger partial charge in [0, 0.05) is 13.2 Å². The van der Waals surface area contributed by atoms with Gasteiger partial charge in [-0.2, -0.15) is 33.2 Å². The minimum absolute atomic E-state index is 0.102. The Morgan fingerprint density at radius 2 is 2.00 bits per heavy atom. The fourth-order valence-corrected chi connectivity index (χ4v) is 1.30. The highest BCUT2D eigenvalue weighted by Crippen LogP contribution is 2.27. The summed E-state index contributed by atoms with van der Waals surface area (Å²) in [5, 5.41) is 5.78. The molecule has 18 heavy (non-hydrogen) atoms. The predicted molar refractivity (Wildman–Crippen MR) is 56.5 cm³/mol. The molecule has 0 fully saturated rings. The van der Waals surface area contributed by atoms with E-state index < -0.39 is 11.9 Å². The van der Waals surface area contributed by atoms with Crippen molar-refractivity contribution < 1.29 is 13.2 Å². The molecule has 1 N–H and O–H groups in total. The first-order valence-corrected chi connectivity index (χ1v) is 5.00. The molecule has 0 bridgehead atoms. The Labute approximate surface area is 104 Å². The first kappa shape index (κ1) is 12.6. The van der Waals surface area contributed by atoms with E-state index in [0.29, 0.717) is 0 Å². The molecule has 0 radical (unpaired) electrons. The van der Waals surface area contributed by atoms with Crippen molar-refractivity contribution in [2.24, 2.45) is 0 Å². The third kappa shape index (κ3) is 2.50. The summed E-state index contributed by atoms with van der Waals surface area (Å²) in [7, 11) is 1.54. The van der Waals surface area contributed by atoms with Crippen molar-refractivity contribution in [1.29, 1.82) is 0 Å². The number of hydrogen-bond donors (Lipinski definition) is 1. The number of aromatic nitrogens is 5. The van der Waals surface area contributed by atoms with Gasteiger partial charge in [-0.3, -0.25) is 0 Å². The zero-order chi connectivity index (χ0) is 13.3. The largest absolute Gasteiger partial charge is 0.435 e. The van der Waals surface area contributed by atoms with E-state index in [1.165, 1.54) is 0 Å². The molecule has 0 saturated heterocycles. The van der Waals surface area contributed by atoms with Crippen LogP contribution in [0, 0.1) is 0 Å². The van der Waals surface area contributed by atoms with Crippen LogP contribution in [0.1, 0.15) is 5.69 Å². The molecule has 0 unspecified atom stereocenters. The van der Waals surface area contributed by atoms with Crippen LogP contribution in [0.5, 0.6) is 0 Å². The van der Waals surface area contributed by atoms with Crippen LogP contribution >= 0.6 is 11.6 Å². The Bertz CT molecular complexity index is 566. The number of nitrogens with zero attached hydrogens (tertiary/aromatic N) is 5. The Morgan fingerprint density at radius 1 is 1.28 bits per heavy atom. The Morgan fingerprint density at radius 3 is 2.56 bits per heavy atom. The molecule has 2 heterocycles. The molecule has 0 aliphatic rings. The van der Waals surface area contributed by atoms with Crippen molar-refractivity contribution in [1.82, 2.24) is 24.7 Å². The maximum atomic E-state index is 12.4. The number of alkyl halides is 3. The van der Waals surface area contributed by atoms with E-state index in [2.05, 4.69) is 25.4 Å². The highest BCUT2D eigenvalue weighted by atomic mass is 35.5. The van der Waals surface area contributed by atoms with Crippen molar-refractivity contribution in [3.63, 3.8) is 0 Å². The van der Waals surface area contributed by atoms with Crippen molar-refractivity contribution in [3.05, 3.63) is 23.2 Å². The summed E-state index contributed by atoms with van der Waals surface area (Å²) in [6, 6.07) is 0.816. The molecular formula is C8H6ClF3N6. The zero-order valence-corrected chi connectivity index (χ0v) is 9.66. The van der Waals surface area contributed by atoms with Crippen molar-refractivity contribution in [2.45, 2.75) is 6.18 Å². The number of hydrogen-bond acceptors (Lipinski definition) is 5. The lowest BCUT2D eigenvalue weighted by atomic mass is 10.4. The van der Waals surface area contributed by atoms with E-state index in [1.807, 2.05) is 0 Å². The molecule has 6 nitrogen and oxygen atoms in total. The van der Waals surface area contributed by atoms with Crippen molar-refractivity contribution >= 4 is 17.5 Å². The first-order chi connectivity index (χ1) is 8.40. The van der Waals surface area contributed by atoms with Crippen LogP contribution in [0.3, 0.4) is 0 Å². The monoisotopic (exact) mass is 278 g/mol. The predicted octanol–water partition coefficient (Wildman–Crippen LogP) is 1.77. The van der Waals surface area contributed by atoms with Gasteiger partial charge < -0.3 is 5.32 Å². The van der Waals surface area contributed by atoms with Crippen LogP contribution < -0.4 is 5.32 Å². The van der Waals surface area contributed by atoms with Gasteiger partial charge in [-0.05, 0) is 17.7 Å². The smallest absolute Gasteiger partial charge is 0.357 e. The van der Waals surface area contributed by atoms with E-state index in [0.717, 1.165) is 16.9 Å². The van der Waals surface area contributed by atoms with Gasteiger partial charge in [-0.1, -0.05) is 0 Å². The van der Waals surface area contributed by atoms with Crippen LogP contribution in [0.2, 0.25) is 5.28 Å². The third-order valence-corrected chi connectivity index (χ3v) is 2.07. The van der Waals surface area contributed by atoms with Gasteiger partial charge in [-0.25, -0.2) is 4.68 Å². The van der Waals surface area contributed by atoms with Crippen LogP contribution in [0.4, 0.5) is 19.1 Å². The van der Waals surface area contributed by atoms with Gasteiger partial charge in [0.15, 0.2) is 5.69 Å². The average Bonchev–Trinajstić information content (AvgIpc) is 2.77. The molecule has 0 saturated carbocycles. The maximum absolute atomic E-state index is 12.4. The summed E-state index contributed by atoms with van der Waals surface area (Å²) in [6.07, 6.45) is -3.43. The highest BCUT2D eigenvalue weighted by molar-refractivity contribution is 6.28.